The second-order valence-corrected chi connectivity index (χ2v) is 8.30. The van der Waals surface area contributed by atoms with E-state index < -0.39 is 66.8 Å². The average molecular weight is 539 g/mol. The SMILES string of the molecule is NC(=O)CC(NC(=O)C(CO)NC(=O)C(N)Cc1ccc(O)cc1)C(=O)NC(CCCN=C(N)N)C(=O)O. The topological polar surface area (TPSA) is 299 Å². The highest BCUT2D eigenvalue weighted by molar-refractivity contribution is 5.96. The van der Waals surface area contributed by atoms with Crippen LogP contribution >= 0.6 is 0 Å². The second kappa shape index (κ2) is 15.6. The molecule has 14 N–H and O–H groups in total. The maximum absolute atomic E-state index is 12.7. The molecule has 0 radical (unpaired) electrons. The molecule has 0 bridgehead atoms. The summed E-state index contributed by atoms with van der Waals surface area (Å²) in [6, 6.07) is 0.257. The summed E-state index contributed by atoms with van der Waals surface area (Å²) in [6.07, 6.45) is -0.503. The highest BCUT2D eigenvalue weighted by Gasteiger charge is 2.31. The molecule has 210 valence electrons. The van der Waals surface area contributed by atoms with Crippen LogP contribution in [-0.4, -0.2) is 88.2 Å². The molecule has 0 spiro atoms. The molecule has 4 amide bonds. The Morgan fingerprint density at radius 1 is 0.868 bits per heavy atom. The average Bonchev–Trinajstić information content (AvgIpc) is 2.84. The van der Waals surface area contributed by atoms with Crippen molar-refractivity contribution >= 4 is 35.6 Å². The molecule has 0 fully saturated rings. The van der Waals surface area contributed by atoms with E-state index in [0.29, 0.717) is 5.56 Å². The number of carboxylic acid groups (broad SMARTS) is 1. The number of aliphatic imine (C=N–C) groups is 1. The molecule has 38 heavy (non-hydrogen) atoms. The summed E-state index contributed by atoms with van der Waals surface area (Å²) in [6.45, 7) is -0.771. The van der Waals surface area contributed by atoms with Crippen molar-refractivity contribution < 1.29 is 39.3 Å². The Morgan fingerprint density at radius 3 is 1.95 bits per heavy atom. The van der Waals surface area contributed by atoms with Gasteiger partial charge in [-0.3, -0.25) is 24.2 Å². The Bertz CT molecular complexity index is 1010. The zero-order valence-corrected chi connectivity index (χ0v) is 20.5. The Labute approximate surface area is 217 Å². The van der Waals surface area contributed by atoms with Crippen LogP contribution in [0, 0.1) is 0 Å². The third-order valence-corrected chi connectivity index (χ3v) is 5.14. The molecule has 1 aromatic carbocycles. The van der Waals surface area contributed by atoms with E-state index in [1.165, 1.54) is 12.1 Å². The van der Waals surface area contributed by atoms with E-state index in [1.54, 1.807) is 12.1 Å². The number of carbonyl (C=O) groups is 5. The lowest BCUT2D eigenvalue weighted by Crippen LogP contribution is -2.58. The number of aliphatic hydroxyl groups is 1. The van der Waals surface area contributed by atoms with Crippen LogP contribution in [0.1, 0.15) is 24.8 Å². The van der Waals surface area contributed by atoms with Crippen LogP contribution < -0.4 is 38.9 Å². The number of nitrogens with zero attached hydrogens (tertiary/aromatic N) is 1. The maximum atomic E-state index is 12.7. The molecule has 4 unspecified atom stereocenters. The number of guanidine groups is 1. The van der Waals surface area contributed by atoms with Crippen LogP contribution in [-0.2, 0) is 30.4 Å². The zero-order valence-electron chi connectivity index (χ0n) is 20.5. The first-order valence-electron chi connectivity index (χ1n) is 11.5. The minimum atomic E-state index is -1.60. The van der Waals surface area contributed by atoms with Crippen LogP contribution in [0.15, 0.2) is 29.3 Å². The van der Waals surface area contributed by atoms with Gasteiger partial charge in [0.1, 0.15) is 23.9 Å². The quantitative estimate of drug-likeness (QED) is 0.0545. The van der Waals surface area contributed by atoms with Crippen LogP contribution in [0.4, 0.5) is 0 Å². The first-order valence-corrected chi connectivity index (χ1v) is 11.5. The summed E-state index contributed by atoms with van der Waals surface area (Å²) in [5.74, 6) is -5.39. The van der Waals surface area contributed by atoms with Gasteiger partial charge in [-0.25, -0.2) is 4.79 Å². The molecule has 4 atom stereocenters. The van der Waals surface area contributed by atoms with Crippen LogP contribution in [0.25, 0.3) is 0 Å². The van der Waals surface area contributed by atoms with E-state index in [4.69, 9.17) is 22.9 Å². The van der Waals surface area contributed by atoms with Gasteiger partial charge < -0.3 is 54.2 Å². The van der Waals surface area contributed by atoms with Crippen LogP contribution in [0.2, 0.25) is 0 Å². The zero-order chi connectivity index (χ0) is 28.8. The normalized spacial score (nSPS) is 13.7. The molecule has 0 aliphatic heterocycles. The largest absolute Gasteiger partial charge is 0.508 e. The van der Waals surface area contributed by atoms with Crippen molar-refractivity contribution in [3.05, 3.63) is 29.8 Å². The predicted octanol–water partition coefficient (Wildman–Crippen LogP) is -4.28. The number of aliphatic hydroxyl groups excluding tert-OH is 1. The summed E-state index contributed by atoms with van der Waals surface area (Å²) >= 11 is 0. The first kappa shape index (κ1) is 31.6. The van der Waals surface area contributed by atoms with Gasteiger partial charge >= 0.3 is 5.97 Å². The number of carbonyl (C=O) groups excluding carboxylic acids is 4. The fraction of sp³-hybridized carbons (Fsp3) is 0.455. The predicted molar refractivity (Wildman–Crippen MR) is 134 cm³/mol. The van der Waals surface area contributed by atoms with E-state index in [9.17, 15) is 39.3 Å². The lowest BCUT2D eigenvalue weighted by molar-refractivity contribution is -0.142. The van der Waals surface area contributed by atoms with Gasteiger partial charge in [0.2, 0.25) is 23.6 Å². The van der Waals surface area contributed by atoms with Gasteiger partial charge in [0.25, 0.3) is 0 Å². The van der Waals surface area contributed by atoms with Gasteiger partial charge in [-0.05, 0) is 37.0 Å². The summed E-state index contributed by atoms with van der Waals surface area (Å²) in [7, 11) is 0. The number of rotatable bonds is 16. The smallest absolute Gasteiger partial charge is 0.326 e. The number of hydrogen-bond acceptors (Lipinski definition) is 9. The minimum Gasteiger partial charge on any atom is -0.508 e. The number of aliphatic carboxylic acids is 1. The number of phenols is 1. The molecule has 0 aliphatic carbocycles. The maximum Gasteiger partial charge on any atom is 0.326 e. The Balaban J connectivity index is 2.82. The van der Waals surface area contributed by atoms with E-state index in [2.05, 4.69) is 20.9 Å². The first-order chi connectivity index (χ1) is 17.8. The lowest BCUT2D eigenvalue weighted by atomic mass is 10.1. The van der Waals surface area contributed by atoms with Crippen molar-refractivity contribution in [1.29, 1.82) is 0 Å². The van der Waals surface area contributed by atoms with Crippen LogP contribution in [0.5, 0.6) is 5.75 Å². The number of carboxylic acids is 1. The Kier molecular flexibility index (Phi) is 13.0. The van der Waals surface area contributed by atoms with E-state index in [0.717, 1.165) is 0 Å². The molecular weight excluding hydrogens is 504 g/mol. The summed E-state index contributed by atoms with van der Waals surface area (Å²) < 4.78 is 0. The second-order valence-electron chi connectivity index (χ2n) is 8.30. The van der Waals surface area contributed by atoms with Crippen molar-refractivity contribution in [1.82, 2.24) is 16.0 Å². The lowest BCUT2D eigenvalue weighted by Gasteiger charge is -2.24. The van der Waals surface area contributed by atoms with Crippen LogP contribution in [0.3, 0.4) is 0 Å². The molecule has 0 aliphatic rings. The van der Waals surface area contributed by atoms with Crippen molar-refractivity contribution in [2.45, 2.75) is 49.9 Å². The van der Waals surface area contributed by atoms with Gasteiger partial charge in [-0.1, -0.05) is 12.1 Å². The van der Waals surface area contributed by atoms with Crippen molar-refractivity contribution in [2.24, 2.45) is 27.9 Å². The molecule has 16 heteroatoms. The number of amides is 4. The number of hydrogen-bond donors (Lipinski definition) is 10. The Hall–Kier alpha value is -4.44. The van der Waals surface area contributed by atoms with E-state index in [1.807, 2.05) is 0 Å². The summed E-state index contributed by atoms with van der Waals surface area (Å²) in [5, 5.41) is 35.0. The van der Waals surface area contributed by atoms with Crippen molar-refractivity contribution in [3.8, 4) is 5.75 Å². The van der Waals surface area contributed by atoms with E-state index in [-0.39, 0.29) is 37.5 Å². The summed E-state index contributed by atoms with van der Waals surface area (Å²) in [4.78, 5) is 64.5. The molecule has 1 aromatic rings. The number of benzene rings is 1. The van der Waals surface area contributed by atoms with Gasteiger partial charge in [0.05, 0.1) is 19.1 Å². The molecular formula is C22H34N8O8. The molecule has 0 saturated heterocycles. The van der Waals surface area contributed by atoms with Gasteiger partial charge in [0.15, 0.2) is 5.96 Å². The molecule has 0 aromatic heterocycles. The number of phenolic OH excluding ortho intramolecular Hbond substituents is 1. The minimum absolute atomic E-state index is 0.0268. The van der Waals surface area contributed by atoms with Gasteiger partial charge in [-0.2, -0.15) is 0 Å². The third kappa shape index (κ3) is 11.5. The Morgan fingerprint density at radius 2 is 1.42 bits per heavy atom. The highest BCUT2D eigenvalue weighted by Crippen LogP contribution is 2.11. The third-order valence-electron chi connectivity index (χ3n) is 5.14. The number of nitrogens with two attached hydrogens (primary N) is 4. The fourth-order valence-electron chi connectivity index (χ4n) is 3.17. The monoisotopic (exact) mass is 538 g/mol. The number of primary amides is 1. The molecule has 0 heterocycles. The van der Waals surface area contributed by atoms with Gasteiger partial charge in [0, 0.05) is 6.54 Å². The molecule has 0 saturated carbocycles. The standard InChI is InChI=1S/C22H34N8O8/c23-13(8-11-3-5-12(32)6-4-11)18(34)30-16(10-31)20(36)29-15(9-17(24)33)19(35)28-14(21(37)38)2-1-7-27-22(25)26/h3-6,13-16,31-32H,1-2,7-10,23H2,(H2,24,33)(H,28,35)(H,29,36)(H,30,34)(H,37,38)(H4,25,26,27). The molecule has 16 nitrogen and oxygen atoms in total. The van der Waals surface area contributed by atoms with Gasteiger partial charge in [-0.15, -0.1) is 0 Å². The van der Waals surface area contributed by atoms with Crippen molar-refractivity contribution in [3.63, 3.8) is 0 Å². The fourth-order valence-corrected chi connectivity index (χ4v) is 3.17. The van der Waals surface area contributed by atoms with Crippen molar-refractivity contribution in [2.75, 3.05) is 13.2 Å². The van der Waals surface area contributed by atoms with E-state index >= 15 is 0 Å². The summed E-state index contributed by atoms with van der Waals surface area (Å²) in [5.41, 5.74) is 22.1. The number of aromatic hydroxyl groups is 1. The molecule has 1 rings (SSSR count). The number of nitrogens with one attached hydrogen (secondary N) is 3. The highest BCUT2D eigenvalue weighted by atomic mass is 16.4.